The molecule has 1 fully saturated rings. The quantitative estimate of drug-likeness (QED) is 0.711. The summed E-state index contributed by atoms with van der Waals surface area (Å²) in [5.41, 5.74) is 3.18. The minimum Gasteiger partial charge on any atom is -0.342 e. The smallest absolute Gasteiger partial charge is 0.342 e. The average molecular weight is 389 g/mol. The lowest BCUT2D eigenvalue weighted by Crippen LogP contribution is -2.42. The second-order valence-corrected chi connectivity index (χ2v) is 7.77. The first-order chi connectivity index (χ1) is 13.3. The van der Waals surface area contributed by atoms with Crippen molar-refractivity contribution in [2.24, 2.45) is 5.92 Å². The number of nitrogens with zero attached hydrogens (tertiary/aromatic N) is 1. The lowest BCUT2D eigenvalue weighted by atomic mass is 9.87. The zero-order chi connectivity index (χ0) is 19.9. The van der Waals surface area contributed by atoms with Gasteiger partial charge in [0.05, 0.1) is 6.42 Å². The number of aryl methyl sites for hydroxylation is 2. The van der Waals surface area contributed by atoms with Gasteiger partial charge >= 0.3 is 6.18 Å². The van der Waals surface area contributed by atoms with Crippen LogP contribution in [0, 0.1) is 5.92 Å². The number of carbonyl (C=O) groups is 2. The van der Waals surface area contributed by atoms with Gasteiger partial charge < -0.3 is 4.90 Å². The number of hydrogen-bond acceptors (Lipinski definition) is 2. The van der Waals surface area contributed by atoms with Crippen LogP contribution in [0.15, 0.2) is 30.3 Å². The van der Waals surface area contributed by atoms with Crippen LogP contribution in [0.25, 0.3) is 10.8 Å². The van der Waals surface area contributed by atoms with Gasteiger partial charge in [-0.15, -0.1) is 0 Å². The minimum absolute atomic E-state index is 0.0103. The molecule has 0 bridgehead atoms. The molecule has 4 rings (SSSR count). The highest BCUT2D eigenvalue weighted by atomic mass is 19.4. The number of amides is 1. The van der Waals surface area contributed by atoms with E-state index >= 15 is 0 Å². The molecule has 1 saturated heterocycles. The molecule has 148 valence electrons. The van der Waals surface area contributed by atoms with Crippen LogP contribution in [-0.2, 0) is 17.6 Å². The molecule has 0 saturated carbocycles. The summed E-state index contributed by atoms with van der Waals surface area (Å²) in [4.78, 5) is 26.8. The van der Waals surface area contributed by atoms with E-state index in [0.717, 1.165) is 18.2 Å². The van der Waals surface area contributed by atoms with Gasteiger partial charge in [0.2, 0.25) is 5.91 Å². The van der Waals surface area contributed by atoms with E-state index in [-0.39, 0.29) is 18.2 Å². The zero-order valence-corrected chi connectivity index (χ0v) is 15.5. The van der Waals surface area contributed by atoms with Crippen LogP contribution in [0.2, 0.25) is 0 Å². The number of benzene rings is 2. The number of hydrogen-bond donors (Lipinski definition) is 0. The van der Waals surface area contributed by atoms with Crippen LogP contribution < -0.4 is 0 Å². The topological polar surface area (TPSA) is 37.4 Å². The number of Topliss-reactive ketones (excluding diaryl/α,β-unsaturated/α-hetero) is 1. The molecule has 0 radical (unpaired) electrons. The van der Waals surface area contributed by atoms with Gasteiger partial charge in [-0.05, 0) is 47.6 Å². The Balaban J connectivity index is 1.53. The normalized spacial score (nSPS) is 19.2. The Hall–Kier alpha value is -2.37. The molecule has 2 aliphatic rings. The lowest BCUT2D eigenvalue weighted by molar-refractivity contribution is -0.149. The van der Waals surface area contributed by atoms with Crippen LogP contribution in [-0.4, -0.2) is 35.9 Å². The van der Waals surface area contributed by atoms with Crippen molar-refractivity contribution in [3.63, 3.8) is 0 Å². The van der Waals surface area contributed by atoms with Crippen LogP contribution in [0.1, 0.15) is 47.2 Å². The molecule has 2 aromatic carbocycles. The summed E-state index contributed by atoms with van der Waals surface area (Å²) in [6, 6.07) is 9.92. The first-order valence-corrected chi connectivity index (χ1v) is 9.76. The number of piperidine rings is 1. The van der Waals surface area contributed by atoms with Crippen LogP contribution in [0.5, 0.6) is 0 Å². The van der Waals surface area contributed by atoms with Crippen molar-refractivity contribution >= 4 is 22.5 Å². The van der Waals surface area contributed by atoms with Gasteiger partial charge in [-0.3, -0.25) is 9.59 Å². The summed E-state index contributed by atoms with van der Waals surface area (Å²) < 4.78 is 37.2. The summed E-state index contributed by atoms with van der Waals surface area (Å²) in [5, 5.41) is 2.13. The first kappa shape index (κ1) is 19.0. The molecule has 1 unspecified atom stereocenters. The van der Waals surface area contributed by atoms with Gasteiger partial charge in [0.1, 0.15) is 0 Å². The van der Waals surface area contributed by atoms with E-state index in [2.05, 4.69) is 6.07 Å². The van der Waals surface area contributed by atoms with Crippen molar-refractivity contribution in [3.8, 4) is 0 Å². The fourth-order valence-electron chi connectivity index (χ4n) is 4.51. The zero-order valence-electron chi connectivity index (χ0n) is 15.5. The Morgan fingerprint density at radius 3 is 2.57 bits per heavy atom. The third-order valence-corrected chi connectivity index (χ3v) is 5.91. The van der Waals surface area contributed by atoms with Gasteiger partial charge in [-0.1, -0.05) is 30.3 Å². The fraction of sp³-hybridized carbons (Fsp3) is 0.455. The van der Waals surface area contributed by atoms with Crippen molar-refractivity contribution < 1.29 is 22.8 Å². The van der Waals surface area contributed by atoms with E-state index in [4.69, 9.17) is 0 Å². The summed E-state index contributed by atoms with van der Waals surface area (Å²) >= 11 is 0. The molecular formula is C22H22F3NO2. The second-order valence-electron chi connectivity index (χ2n) is 7.77. The van der Waals surface area contributed by atoms with Crippen LogP contribution >= 0.6 is 0 Å². The highest BCUT2D eigenvalue weighted by Crippen LogP contribution is 2.34. The third kappa shape index (κ3) is 3.64. The van der Waals surface area contributed by atoms with Crippen molar-refractivity contribution in [2.75, 3.05) is 13.1 Å². The Morgan fingerprint density at radius 1 is 1.07 bits per heavy atom. The highest BCUT2D eigenvalue weighted by molar-refractivity contribution is 6.11. The molecular weight excluding hydrogens is 367 g/mol. The van der Waals surface area contributed by atoms with E-state index in [1.165, 1.54) is 21.4 Å². The summed E-state index contributed by atoms with van der Waals surface area (Å²) in [6.07, 6.45) is -2.75. The van der Waals surface area contributed by atoms with E-state index in [1.807, 2.05) is 24.3 Å². The van der Waals surface area contributed by atoms with E-state index in [0.29, 0.717) is 24.9 Å². The van der Waals surface area contributed by atoms with Crippen molar-refractivity contribution in [1.82, 2.24) is 4.90 Å². The number of alkyl halides is 3. The van der Waals surface area contributed by atoms with Gasteiger partial charge in [0.15, 0.2) is 5.78 Å². The molecule has 0 aromatic heterocycles. The average Bonchev–Trinajstić information content (AvgIpc) is 3.10. The van der Waals surface area contributed by atoms with E-state index < -0.39 is 24.9 Å². The molecule has 0 N–H and O–H groups in total. The van der Waals surface area contributed by atoms with Gasteiger partial charge in [0.25, 0.3) is 0 Å². The number of carbonyl (C=O) groups excluding carboxylic acids is 2. The lowest BCUT2D eigenvalue weighted by Gasteiger charge is -2.32. The predicted molar refractivity (Wildman–Crippen MR) is 100 cm³/mol. The van der Waals surface area contributed by atoms with Crippen molar-refractivity contribution in [3.05, 3.63) is 47.0 Å². The SMILES string of the molecule is O=C(c1ccc2c3c(cccc13)CC2)C1CCCN(C(=O)CCC(F)(F)F)C1. The molecule has 2 aromatic rings. The number of likely N-dealkylation sites (tertiary alicyclic amines) is 1. The molecule has 0 spiro atoms. The monoisotopic (exact) mass is 389 g/mol. The highest BCUT2D eigenvalue weighted by Gasteiger charge is 2.33. The van der Waals surface area contributed by atoms with Crippen molar-refractivity contribution in [2.45, 2.75) is 44.7 Å². The number of halogens is 3. The van der Waals surface area contributed by atoms with Gasteiger partial charge in [-0.25, -0.2) is 0 Å². The second kappa shape index (κ2) is 7.22. The Bertz CT molecular complexity index is 925. The molecule has 1 heterocycles. The summed E-state index contributed by atoms with van der Waals surface area (Å²) in [6.45, 7) is 0.628. The van der Waals surface area contributed by atoms with Crippen molar-refractivity contribution in [1.29, 1.82) is 0 Å². The molecule has 1 aliphatic heterocycles. The third-order valence-electron chi connectivity index (χ3n) is 5.91. The Labute approximate surface area is 161 Å². The molecule has 6 heteroatoms. The standard InChI is InChI=1S/C22H22F3NO2/c23-22(24,25)11-10-19(27)26-12-2-4-16(13-26)21(28)18-9-8-15-7-6-14-3-1-5-17(18)20(14)15/h1,3,5,8-9,16H,2,4,6-7,10-13H2. The Kier molecular flexibility index (Phi) is 4.89. The van der Waals surface area contributed by atoms with Crippen LogP contribution in [0.4, 0.5) is 13.2 Å². The molecule has 1 amide bonds. The summed E-state index contributed by atoms with van der Waals surface area (Å²) in [7, 11) is 0. The fourth-order valence-corrected chi connectivity index (χ4v) is 4.51. The molecule has 1 atom stereocenters. The Morgan fingerprint density at radius 2 is 1.82 bits per heavy atom. The van der Waals surface area contributed by atoms with Gasteiger partial charge in [-0.2, -0.15) is 13.2 Å². The molecule has 3 nitrogen and oxygen atoms in total. The van der Waals surface area contributed by atoms with Crippen LogP contribution in [0.3, 0.4) is 0 Å². The predicted octanol–water partition coefficient (Wildman–Crippen LogP) is 4.70. The maximum atomic E-state index is 13.2. The summed E-state index contributed by atoms with van der Waals surface area (Å²) in [5.74, 6) is -0.888. The number of rotatable bonds is 4. The molecule has 1 aliphatic carbocycles. The number of ketones is 1. The van der Waals surface area contributed by atoms with E-state index in [1.54, 1.807) is 0 Å². The van der Waals surface area contributed by atoms with Gasteiger partial charge in [0, 0.05) is 31.0 Å². The minimum atomic E-state index is -4.34. The largest absolute Gasteiger partial charge is 0.389 e. The van der Waals surface area contributed by atoms with E-state index in [9.17, 15) is 22.8 Å². The maximum Gasteiger partial charge on any atom is 0.389 e. The molecule has 28 heavy (non-hydrogen) atoms. The maximum absolute atomic E-state index is 13.2. The first-order valence-electron chi connectivity index (χ1n) is 9.76.